The van der Waals surface area contributed by atoms with Gasteiger partial charge in [-0.2, -0.15) is 0 Å². The summed E-state index contributed by atoms with van der Waals surface area (Å²) in [6.45, 7) is -0.00603. The lowest BCUT2D eigenvalue weighted by molar-refractivity contribution is -0.143. The Morgan fingerprint density at radius 2 is 1.68 bits per heavy atom. The van der Waals surface area contributed by atoms with Gasteiger partial charge in [-0.1, -0.05) is 42.5 Å². The average molecular weight is 299 g/mol. The van der Waals surface area contributed by atoms with Gasteiger partial charge >= 0.3 is 5.97 Å². The maximum absolute atomic E-state index is 12.0. The van der Waals surface area contributed by atoms with Gasteiger partial charge in [0.15, 0.2) is 0 Å². The van der Waals surface area contributed by atoms with Crippen molar-refractivity contribution in [1.82, 2.24) is 5.32 Å². The van der Waals surface area contributed by atoms with Crippen LogP contribution in [0.25, 0.3) is 0 Å². The molecule has 1 amide bonds. The molecular formula is C17H17NO4. The number of nitrogens with one attached hydrogen (secondary N) is 1. The largest absolute Gasteiger partial charge is 0.496 e. The Morgan fingerprint density at radius 1 is 1.00 bits per heavy atom. The summed E-state index contributed by atoms with van der Waals surface area (Å²) >= 11 is 0. The molecule has 0 spiro atoms. The molecular weight excluding hydrogens is 282 g/mol. The molecule has 0 aromatic heterocycles. The van der Waals surface area contributed by atoms with Crippen molar-refractivity contribution >= 4 is 11.9 Å². The highest BCUT2D eigenvalue weighted by atomic mass is 16.5. The first-order chi connectivity index (χ1) is 10.7. The van der Waals surface area contributed by atoms with Crippen LogP contribution in [-0.2, 0) is 16.1 Å². The smallest absolute Gasteiger partial charge is 0.325 e. The number of hydrogen-bond donors (Lipinski definition) is 1. The van der Waals surface area contributed by atoms with Gasteiger partial charge in [-0.25, -0.2) is 0 Å². The molecule has 5 heteroatoms. The Kier molecular flexibility index (Phi) is 5.54. The molecule has 0 aliphatic heterocycles. The maximum Gasteiger partial charge on any atom is 0.325 e. The lowest BCUT2D eigenvalue weighted by Gasteiger charge is -2.09. The van der Waals surface area contributed by atoms with E-state index in [1.165, 1.54) is 7.11 Å². The van der Waals surface area contributed by atoms with Crippen LogP contribution < -0.4 is 10.1 Å². The van der Waals surface area contributed by atoms with Gasteiger partial charge in [0.05, 0.1) is 12.7 Å². The van der Waals surface area contributed by atoms with Crippen molar-refractivity contribution in [3.05, 3.63) is 65.7 Å². The second-order valence-electron chi connectivity index (χ2n) is 4.53. The van der Waals surface area contributed by atoms with Crippen LogP contribution >= 0.6 is 0 Å². The molecule has 0 radical (unpaired) electrons. The number of rotatable bonds is 6. The molecule has 0 fully saturated rings. The van der Waals surface area contributed by atoms with E-state index in [4.69, 9.17) is 9.47 Å². The van der Waals surface area contributed by atoms with Crippen molar-refractivity contribution in [3.8, 4) is 5.75 Å². The molecule has 114 valence electrons. The number of esters is 1. The summed E-state index contributed by atoms with van der Waals surface area (Å²) in [5, 5.41) is 2.52. The molecule has 0 saturated carbocycles. The summed E-state index contributed by atoms with van der Waals surface area (Å²) in [5.74, 6) is -0.418. The molecule has 0 heterocycles. The number of hydrogen-bond acceptors (Lipinski definition) is 4. The standard InChI is InChI=1S/C17H17NO4/c1-21-15-10-6-5-9-14(15)17(20)18-11-16(19)22-12-13-7-3-2-4-8-13/h2-10H,11-12H2,1H3,(H,18,20). The van der Waals surface area contributed by atoms with Crippen LogP contribution in [-0.4, -0.2) is 25.5 Å². The predicted octanol–water partition coefficient (Wildman–Crippen LogP) is 2.17. The SMILES string of the molecule is COc1ccccc1C(=O)NCC(=O)OCc1ccccc1. The third-order valence-electron chi connectivity index (χ3n) is 2.99. The Labute approximate surface area is 128 Å². The first-order valence-electron chi connectivity index (χ1n) is 6.81. The van der Waals surface area contributed by atoms with E-state index in [9.17, 15) is 9.59 Å². The van der Waals surface area contributed by atoms with Crippen molar-refractivity contribution in [2.24, 2.45) is 0 Å². The Bertz CT molecular complexity index is 640. The zero-order chi connectivity index (χ0) is 15.8. The summed E-state index contributed by atoms with van der Waals surface area (Å²) in [6, 6.07) is 16.2. The van der Waals surface area contributed by atoms with Crippen molar-refractivity contribution in [2.75, 3.05) is 13.7 Å². The van der Waals surface area contributed by atoms with Gasteiger partial charge < -0.3 is 14.8 Å². The monoisotopic (exact) mass is 299 g/mol. The highest BCUT2D eigenvalue weighted by Crippen LogP contribution is 2.16. The summed E-state index contributed by atoms with van der Waals surface area (Å²) in [5.41, 5.74) is 1.27. The van der Waals surface area contributed by atoms with Crippen LogP contribution in [0.1, 0.15) is 15.9 Å². The van der Waals surface area contributed by atoms with Crippen molar-refractivity contribution in [3.63, 3.8) is 0 Å². The van der Waals surface area contributed by atoms with Gasteiger partial charge in [-0.05, 0) is 17.7 Å². The second kappa shape index (κ2) is 7.83. The molecule has 2 rings (SSSR count). The first kappa shape index (κ1) is 15.6. The Hall–Kier alpha value is -2.82. The zero-order valence-electron chi connectivity index (χ0n) is 12.2. The third kappa shape index (κ3) is 4.34. The van der Waals surface area contributed by atoms with E-state index < -0.39 is 5.97 Å². The van der Waals surface area contributed by atoms with Crippen LogP contribution in [0.3, 0.4) is 0 Å². The Morgan fingerprint density at radius 3 is 2.41 bits per heavy atom. The number of carbonyl (C=O) groups excluding carboxylic acids is 2. The van der Waals surface area contributed by atoms with Crippen LogP contribution in [0.4, 0.5) is 0 Å². The molecule has 0 bridgehead atoms. The normalized spacial score (nSPS) is 9.86. The number of ether oxygens (including phenoxy) is 2. The minimum absolute atomic E-state index is 0.185. The number of carbonyl (C=O) groups is 2. The van der Waals surface area contributed by atoms with Crippen LogP contribution in [0, 0.1) is 0 Å². The van der Waals surface area contributed by atoms with Crippen molar-refractivity contribution in [1.29, 1.82) is 0 Å². The van der Waals surface area contributed by atoms with Gasteiger partial charge in [0.2, 0.25) is 0 Å². The first-order valence-corrected chi connectivity index (χ1v) is 6.81. The fraction of sp³-hybridized carbons (Fsp3) is 0.176. The molecule has 0 aliphatic carbocycles. The highest BCUT2D eigenvalue weighted by Gasteiger charge is 2.13. The van der Waals surface area contributed by atoms with E-state index in [2.05, 4.69) is 5.32 Å². The number of methoxy groups -OCH3 is 1. The maximum atomic E-state index is 12.0. The third-order valence-corrected chi connectivity index (χ3v) is 2.99. The fourth-order valence-electron chi connectivity index (χ4n) is 1.87. The molecule has 0 atom stereocenters. The Balaban J connectivity index is 1.82. The van der Waals surface area contributed by atoms with Gasteiger partial charge in [0, 0.05) is 0 Å². The molecule has 1 N–H and O–H groups in total. The molecule has 22 heavy (non-hydrogen) atoms. The molecule has 2 aromatic rings. The van der Waals surface area contributed by atoms with E-state index in [1.807, 2.05) is 30.3 Å². The highest BCUT2D eigenvalue weighted by molar-refractivity contribution is 5.98. The number of para-hydroxylation sites is 1. The molecule has 0 unspecified atom stereocenters. The van der Waals surface area contributed by atoms with Gasteiger partial charge in [0.25, 0.3) is 5.91 Å². The lowest BCUT2D eigenvalue weighted by Crippen LogP contribution is -2.30. The van der Waals surface area contributed by atoms with E-state index >= 15 is 0 Å². The van der Waals surface area contributed by atoms with Crippen LogP contribution in [0.15, 0.2) is 54.6 Å². The van der Waals surface area contributed by atoms with Gasteiger partial charge in [-0.3, -0.25) is 9.59 Å². The fourth-order valence-corrected chi connectivity index (χ4v) is 1.87. The summed E-state index contributed by atoms with van der Waals surface area (Å²) < 4.78 is 10.2. The van der Waals surface area contributed by atoms with E-state index in [0.717, 1.165) is 5.56 Å². The lowest BCUT2D eigenvalue weighted by atomic mass is 10.2. The van der Waals surface area contributed by atoms with E-state index in [0.29, 0.717) is 11.3 Å². The minimum Gasteiger partial charge on any atom is -0.496 e. The van der Waals surface area contributed by atoms with Crippen molar-refractivity contribution < 1.29 is 19.1 Å². The van der Waals surface area contributed by atoms with Crippen LogP contribution in [0.5, 0.6) is 5.75 Å². The van der Waals surface area contributed by atoms with Gasteiger partial charge in [-0.15, -0.1) is 0 Å². The number of amides is 1. The van der Waals surface area contributed by atoms with Gasteiger partial charge in [0.1, 0.15) is 18.9 Å². The average Bonchev–Trinajstić information content (AvgIpc) is 2.58. The van der Waals surface area contributed by atoms with Crippen LogP contribution in [0.2, 0.25) is 0 Å². The summed E-state index contributed by atoms with van der Waals surface area (Å²) in [7, 11) is 1.49. The van der Waals surface area contributed by atoms with E-state index in [1.54, 1.807) is 24.3 Å². The number of benzene rings is 2. The molecule has 0 saturated heterocycles. The predicted molar refractivity (Wildman–Crippen MR) is 81.6 cm³/mol. The molecule has 2 aromatic carbocycles. The molecule has 5 nitrogen and oxygen atoms in total. The second-order valence-corrected chi connectivity index (χ2v) is 4.53. The van der Waals surface area contributed by atoms with Crippen molar-refractivity contribution in [2.45, 2.75) is 6.61 Å². The summed E-state index contributed by atoms with van der Waals surface area (Å²) in [6.07, 6.45) is 0. The van der Waals surface area contributed by atoms with E-state index in [-0.39, 0.29) is 19.1 Å². The quantitative estimate of drug-likeness (QED) is 0.830. The zero-order valence-corrected chi connectivity index (χ0v) is 12.2. The minimum atomic E-state index is -0.493. The molecule has 0 aliphatic rings. The topological polar surface area (TPSA) is 64.6 Å². The summed E-state index contributed by atoms with van der Waals surface area (Å²) in [4.78, 5) is 23.6.